The van der Waals surface area contributed by atoms with Crippen molar-refractivity contribution in [2.45, 2.75) is 44.7 Å². The van der Waals surface area contributed by atoms with E-state index in [0.29, 0.717) is 12.0 Å². The lowest BCUT2D eigenvalue weighted by atomic mass is 9.85. The lowest BCUT2D eigenvalue weighted by molar-refractivity contribution is -0.143. The minimum Gasteiger partial charge on any atom is -0.468 e. The van der Waals surface area contributed by atoms with Gasteiger partial charge in [0.2, 0.25) is 0 Å². The monoisotopic (exact) mass is 261 g/mol. The lowest BCUT2D eigenvalue weighted by Crippen LogP contribution is -2.42. The number of carbonyl (C=O) groups is 1. The van der Waals surface area contributed by atoms with Gasteiger partial charge in [-0.15, -0.1) is 0 Å². The molecule has 1 aliphatic carbocycles. The quantitative estimate of drug-likeness (QED) is 0.847. The van der Waals surface area contributed by atoms with Gasteiger partial charge >= 0.3 is 5.97 Å². The summed E-state index contributed by atoms with van der Waals surface area (Å²) in [7, 11) is 1.45. The largest absolute Gasteiger partial charge is 0.468 e. The molecule has 0 radical (unpaired) electrons. The molecule has 0 spiro atoms. The molecular formula is C16H23NO2. The Morgan fingerprint density at radius 3 is 2.58 bits per heavy atom. The first-order valence-corrected chi connectivity index (χ1v) is 7.11. The van der Waals surface area contributed by atoms with Gasteiger partial charge in [0.25, 0.3) is 0 Å². The van der Waals surface area contributed by atoms with E-state index in [1.165, 1.54) is 26.4 Å². The molecule has 1 fully saturated rings. The molecule has 104 valence electrons. The van der Waals surface area contributed by atoms with Crippen LogP contribution >= 0.6 is 0 Å². The summed E-state index contributed by atoms with van der Waals surface area (Å²) in [5, 5.41) is 3.50. The maximum absolute atomic E-state index is 12.0. The summed E-state index contributed by atoms with van der Waals surface area (Å²) in [5.41, 5.74) is 0.979. The maximum atomic E-state index is 12.0. The van der Waals surface area contributed by atoms with Gasteiger partial charge in [-0.2, -0.15) is 0 Å². The predicted molar refractivity (Wildman–Crippen MR) is 75.8 cm³/mol. The zero-order valence-corrected chi connectivity index (χ0v) is 11.8. The SMILES string of the molecule is COC(=O)[C@H](N[C@@H]1CCCC[C@H]1C)c1ccccc1. The second kappa shape index (κ2) is 6.71. The van der Waals surface area contributed by atoms with Gasteiger partial charge in [0.15, 0.2) is 0 Å². The molecule has 3 atom stereocenters. The third-order valence-corrected chi connectivity index (χ3v) is 4.06. The van der Waals surface area contributed by atoms with Gasteiger partial charge in [-0.25, -0.2) is 4.79 Å². The maximum Gasteiger partial charge on any atom is 0.327 e. The summed E-state index contributed by atoms with van der Waals surface area (Å²) in [6, 6.07) is 9.87. The van der Waals surface area contributed by atoms with Crippen LogP contribution in [0, 0.1) is 5.92 Å². The second-order valence-corrected chi connectivity index (χ2v) is 5.40. The number of methoxy groups -OCH3 is 1. The molecule has 0 amide bonds. The Hall–Kier alpha value is -1.35. The lowest BCUT2D eigenvalue weighted by Gasteiger charge is -2.32. The molecule has 1 aromatic carbocycles. The normalized spacial score (nSPS) is 24.7. The number of rotatable bonds is 4. The fourth-order valence-corrected chi connectivity index (χ4v) is 2.84. The number of carbonyl (C=O) groups excluding carboxylic acids is 1. The van der Waals surface area contributed by atoms with Gasteiger partial charge < -0.3 is 4.74 Å². The average Bonchev–Trinajstić information content (AvgIpc) is 2.46. The molecule has 0 aromatic heterocycles. The van der Waals surface area contributed by atoms with Crippen LogP contribution in [0.2, 0.25) is 0 Å². The number of benzene rings is 1. The van der Waals surface area contributed by atoms with E-state index in [4.69, 9.17) is 4.74 Å². The van der Waals surface area contributed by atoms with Gasteiger partial charge in [-0.3, -0.25) is 5.32 Å². The molecular weight excluding hydrogens is 238 g/mol. The molecule has 1 aliphatic rings. The number of ether oxygens (including phenoxy) is 1. The first-order valence-electron chi connectivity index (χ1n) is 7.11. The van der Waals surface area contributed by atoms with Crippen LogP contribution in [-0.4, -0.2) is 19.1 Å². The predicted octanol–water partition coefficient (Wildman–Crippen LogP) is 3.07. The molecule has 0 aliphatic heterocycles. The molecule has 1 aromatic rings. The van der Waals surface area contributed by atoms with E-state index in [1.54, 1.807) is 0 Å². The number of hydrogen-bond donors (Lipinski definition) is 1. The van der Waals surface area contributed by atoms with Crippen LogP contribution in [0.5, 0.6) is 0 Å². The molecule has 1 saturated carbocycles. The van der Waals surface area contributed by atoms with E-state index < -0.39 is 0 Å². The van der Waals surface area contributed by atoms with Gasteiger partial charge in [-0.05, 0) is 24.3 Å². The van der Waals surface area contributed by atoms with Gasteiger partial charge in [0, 0.05) is 6.04 Å². The minimum atomic E-state index is -0.350. The summed E-state index contributed by atoms with van der Waals surface area (Å²) in [6.45, 7) is 2.26. The van der Waals surface area contributed by atoms with E-state index in [9.17, 15) is 4.79 Å². The highest BCUT2D eigenvalue weighted by Crippen LogP contribution is 2.26. The van der Waals surface area contributed by atoms with Gasteiger partial charge in [-0.1, -0.05) is 50.1 Å². The van der Waals surface area contributed by atoms with Crippen LogP contribution in [0.4, 0.5) is 0 Å². The number of hydrogen-bond acceptors (Lipinski definition) is 3. The Kier molecular flexibility index (Phi) is 4.97. The third-order valence-electron chi connectivity index (χ3n) is 4.06. The summed E-state index contributed by atoms with van der Waals surface area (Å²) in [4.78, 5) is 12.0. The molecule has 3 heteroatoms. The summed E-state index contributed by atoms with van der Waals surface area (Å²) in [6.07, 6.45) is 4.92. The van der Waals surface area contributed by atoms with Crippen molar-refractivity contribution in [2.24, 2.45) is 5.92 Å². The van der Waals surface area contributed by atoms with Crippen molar-refractivity contribution in [3.05, 3.63) is 35.9 Å². The zero-order chi connectivity index (χ0) is 13.7. The topological polar surface area (TPSA) is 38.3 Å². The molecule has 19 heavy (non-hydrogen) atoms. The summed E-state index contributed by atoms with van der Waals surface area (Å²) in [5.74, 6) is 0.411. The number of esters is 1. The Bertz CT molecular complexity index is 404. The van der Waals surface area contributed by atoms with Crippen molar-refractivity contribution in [3.63, 3.8) is 0 Å². The Labute approximate surface area is 115 Å². The molecule has 1 N–H and O–H groups in total. The van der Waals surface area contributed by atoms with Crippen molar-refractivity contribution >= 4 is 5.97 Å². The third kappa shape index (κ3) is 3.57. The molecule has 2 rings (SSSR count). The van der Waals surface area contributed by atoms with Crippen molar-refractivity contribution < 1.29 is 9.53 Å². The van der Waals surface area contributed by atoms with Gasteiger partial charge in [0.05, 0.1) is 7.11 Å². The first-order chi connectivity index (χ1) is 9.22. The van der Waals surface area contributed by atoms with E-state index in [-0.39, 0.29) is 12.0 Å². The van der Waals surface area contributed by atoms with E-state index in [2.05, 4.69) is 12.2 Å². The van der Waals surface area contributed by atoms with E-state index >= 15 is 0 Å². The molecule has 3 nitrogen and oxygen atoms in total. The first kappa shape index (κ1) is 14.1. The Balaban J connectivity index is 2.12. The molecule has 0 saturated heterocycles. The summed E-state index contributed by atoms with van der Waals surface area (Å²) < 4.78 is 4.94. The van der Waals surface area contributed by atoms with Crippen molar-refractivity contribution in [1.82, 2.24) is 5.32 Å². The van der Waals surface area contributed by atoms with Crippen LogP contribution in [0.25, 0.3) is 0 Å². The van der Waals surface area contributed by atoms with Gasteiger partial charge in [0.1, 0.15) is 6.04 Å². The van der Waals surface area contributed by atoms with E-state index in [1.807, 2.05) is 30.3 Å². The highest BCUT2D eigenvalue weighted by Gasteiger charge is 2.28. The highest BCUT2D eigenvalue weighted by molar-refractivity contribution is 5.77. The Morgan fingerprint density at radius 2 is 1.95 bits per heavy atom. The van der Waals surface area contributed by atoms with Crippen molar-refractivity contribution in [1.29, 1.82) is 0 Å². The summed E-state index contributed by atoms with van der Waals surface area (Å²) >= 11 is 0. The zero-order valence-electron chi connectivity index (χ0n) is 11.8. The Morgan fingerprint density at radius 1 is 1.26 bits per heavy atom. The highest BCUT2D eigenvalue weighted by atomic mass is 16.5. The van der Waals surface area contributed by atoms with Crippen molar-refractivity contribution in [3.8, 4) is 0 Å². The van der Waals surface area contributed by atoms with Crippen LogP contribution < -0.4 is 5.32 Å². The smallest absolute Gasteiger partial charge is 0.327 e. The van der Waals surface area contributed by atoms with Crippen LogP contribution in [0.15, 0.2) is 30.3 Å². The molecule has 0 bridgehead atoms. The number of nitrogens with one attached hydrogen (secondary N) is 1. The van der Waals surface area contributed by atoms with Crippen LogP contribution in [-0.2, 0) is 9.53 Å². The standard InChI is InChI=1S/C16H23NO2/c1-12-8-6-7-11-14(12)17-15(16(18)19-2)13-9-4-3-5-10-13/h3-5,9-10,12,14-15,17H,6-8,11H2,1-2H3/t12-,14-,15-/m1/s1. The fourth-order valence-electron chi connectivity index (χ4n) is 2.84. The minimum absolute atomic E-state index is 0.205. The average molecular weight is 261 g/mol. The van der Waals surface area contributed by atoms with Crippen LogP contribution in [0.1, 0.15) is 44.2 Å². The second-order valence-electron chi connectivity index (χ2n) is 5.40. The van der Waals surface area contributed by atoms with Crippen LogP contribution in [0.3, 0.4) is 0 Å². The molecule has 0 heterocycles. The fraction of sp³-hybridized carbons (Fsp3) is 0.562. The van der Waals surface area contributed by atoms with E-state index in [0.717, 1.165) is 12.0 Å². The molecule has 0 unspecified atom stereocenters. The van der Waals surface area contributed by atoms with Crippen molar-refractivity contribution in [2.75, 3.05) is 7.11 Å².